The van der Waals surface area contributed by atoms with Crippen LogP contribution < -0.4 is 25.4 Å². The van der Waals surface area contributed by atoms with Crippen LogP contribution in [-0.2, 0) is 18.3 Å². The molecule has 2 aromatic carbocycles. The van der Waals surface area contributed by atoms with Crippen LogP contribution in [0.25, 0.3) is 11.0 Å². The van der Waals surface area contributed by atoms with Crippen LogP contribution in [0.5, 0.6) is 11.5 Å². The summed E-state index contributed by atoms with van der Waals surface area (Å²) in [6, 6.07) is 12.2. The van der Waals surface area contributed by atoms with Crippen molar-refractivity contribution in [2.24, 2.45) is 7.05 Å². The lowest BCUT2D eigenvalue weighted by Crippen LogP contribution is -2.31. The zero-order valence-electron chi connectivity index (χ0n) is 17.2. The lowest BCUT2D eigenvalue weighted by Gasteiger charge is -2.10. The molecule has 0 aliphatic carbocycles. The first-order valence-corrected chi connectivity index (χ1v) is 9.48. The number of ether oxygens (including phenoxy) is 2. The van der Waals surface area contributed by atoms with Gasteiger partial charge in [0.05, 0.1) is 18.1 Å². The number of nitrogens with zero attached hydrogens (tertiary/aromatic N) is 2. The Hall–Kier alpha value is -3.75. The number of methoxy groups -OCH3 is 1. The summed E-state index contributed by atoms with van der Waals surface area (Å²) < 4.78 is 12.5. The van der Waals surface area contributed by atoms with Gasteiger partial charge in [0, 0.05) is 32.6 Å². The van der Waals surface area contributed by atoms with Crippen molar-refractivity contribution in [3.05, 3.63) is 48.3 Å². The number of nitrogens with one attached hydrogen (secondary N) is 3. The third kappa shape index (κ3) is 5.40. The van der Waals surface area contributed by atoms with Gasteiger partial charge in [0.1, 0.15) is 17.3 Å². The lowest BCUT2D eigenvalue weighted by molar-refractivity contribution is -0.118. The average Bonchev–Trinajstić information content (AvgIpc) is 3.03. The van der Waals surface area contributed by atoms with E-state index in [0.29, 0.717) is 24.4 Å². The molecular formula is C21H25N5O4. The average molecular weight is 411 g/mol. The number of carbonyl (C=O) groups is 2. The summed E-state index contributed by atoms with van der Waals surface area (Å²) >= 11 is 0. The van der Waals surface area contributed by atoms with Crippen molar-refractivity contribution in [1.82, 2.24) is 20.2 Å². The molecule has 0 bridgehead atoms. The molecule has 0 atom stereocenters. The molecule has 0 fully saturated rings. The second-order valence-corrected chi connectivity index (χ2v) is 6.62. The largest absolute Gasteiger partial charge is 0.497 e. The molecule has 3 aromatic rings. The third-order valence-electron chi connectivity index (χ3n) is 4.48. The highest BCUT2D eigenvalue weighted by molar-refractivity contribution is 5.92. The summed E-state index contributed by atoms with van der Waals surface area (Å²) in [7, 11) is 3.52. The Balaban J connectivity index is 1.54. The fourth-order valence-corrected chi connectivity index (χ4v) is 2.93. The van der Waals surface area contributed by atoms with E-state index >= 15 is 0 Å². The van der Waals surface area contributed by atoms with Crippen LogP contribution in [0, 0.1) is 0 Å². The van der Waals surface area contributed by atoms with Crippen LogP contribution in [0.4, 0.5) is 10.5 Å². The predicted octanol–water partition coefficient (Wildman–Crippen LogP) is 2.42. The number of anilines is 1. The molecule has 3 amide bonds. The SMILES string of the molecule is COc1ccc(OCNC(=O)Nc2ccc3c(c2)nc(CCNC(C)=O)n3C)cc1. The van der Waals surface area contributed by atoms with Gasteiger partial charge in [-0.3, -0.25) is 4.79 Å². The zero-order chi connectivity index (χ0) is 21.5. The molecule has 1 heterocycles. The Morgan fingerprint density at radius 2 is 1.80 bits per heavy atom. The van der Waals surface area contributed by atoms with Crippen molar-refractivity contribution < 1.29 is 19.1 Å². The van der Waals surface area contributed by atoms with E-state index in [1.54, 1.807) is 37.4 Å². The summed E-state index contributed by atoms with van der Waals surface area (Å²) in [4.78, 5) is 27.7. The smallest absolute Gasteiger partial charge is 0.321 e. The van der Waals surface area contributed by atoms with Gasteiger partial charge in [-0.1, -0.05) is 0 Å². The molecule has 0 unspecified atom stereocenters. The number of amides is 3. The van der Waals surface area contributed by atoms with Crippen molar-refractivity contribution in [3.63, 3.8) is 0 Å². The number of aromatic nitrogens is 2. The van der Waals surface area contributed by atoms with Gasteiger partial charge in [0.25, 0.3) is 0 Å². The van der Waals surface area contributed by atoms with E-state index in [1.807, 2.05) is 23.7 Å². The number of fused-ring (bicyclic) bond motifs is 1. The fraction of sp³-hybridized carbons (Fsp3) is 0.286. The first-order valence-electron chi connectivity index (χ1n) is 9.48. The summed E-state index contributed by atoms with van der Waals surface area (Å²) in [6.45, 7) is 2.03. The van der Waals surface area contributed by atoms with Gasteiger partial charge in [-0.15, -0.1) is 0 Å². The quantitative estimate of drug-likeness (QED) is 0.494. The lowest BCUT2D eigenvalue weighted by atomic mass is 10.3. The minimum atomic E-state index is -0.385. The minimum absolute atomic E-state index is 0.0251. The van der Waals surface area contributed by atoms with E-state index in [2.05, 4.69) is 20.9 Å². The summed E-state index contributed by atoms with van der Waals surface area (Å²) in [6.07, 6.45) is 0.622. The van der Waals surface area contributed by atoms with E-state index in [4.69, 9.17) is 9.47 Å². The predicted molar refractivity (Wildman–Crippen MR) is 114 cm³/mol. The molecule has 9 nitrogen and oxygen atoms in total. The number of carbonyl (C=O) groups excluding carboxylic acids is 2. The maximum absolute atomic E-state index is 12.1. The van der Waals surface area contributed by atoms with Crippen molar-refractivity contribution in [3.8, 4) is 11.5 Å². The number of benzene rings is 2. The van der Waals surface area contributed by atoms with Crippen LogP contribution in [0.15, 0.2) is 42.5 Å². The third-order valence-corrected chi connectivity index (χ3v) is 4.48. The van der Waals surface area contributed by atoms with E-state index in [9.17, 15) is 9.59 Å². The minimum Gasteiger partial charge on any atom is -0.497 e. The van der Waals surface area contributed by atoms with E-state index in [0.717, 1.165) is 22.6 Å². The first kappa shape index (κ1) is 21.0. The number of aryl methyl sites for hydroxylation is 1. The molecule has 0 saturated carbocycles. The molecule has 158 valence electrons. The summed E-state index contributed by atoms with van der Waals surface area (Å²) in [5.74, 6) is 2.14. The highest BCUT2D eigenvalue weighted by atomic mass is 16.5. The molecule has 0 aliphatic heterocycles. The monoisotopic (exact) mass is 411 g/mol. The van der Waals surface area contributed by atoms with Crippen molar-refractivity contribution in [2.45, 2.75) is 13.3 Å². The molecule has 0 aliphatic rings. The maximum atomic E-state index is 12.1. The molecule has 9 heteroatoms. The molecule has 30 heavy (non-hydrogen) atoms. The van der Waals surface area contributed by atoms with Crippen LogP contribution in [0.2, 0.25) is 0 Å². The van der Waals surface area contributed by atoms with E-state index in [1.165, 1.54) is 6.92 Å². The normalized spacial score (nSPS) is 10.5. The van der Waals surface area contributed by atoms with Crippen molar-refractivity contribution in [2.75, 3.05) is 25.7 Å². The summed E-state index contributed by atoms with van der Waals surface area (Å²) in [5.41, 5.74) is 2.33. The zero-order valence-corrected chi connectivity index (χ0v) is 17.2. The number of hydrogen-bond donors (Lipinski definition) is 3. The Bertz CT molecular complexity index is 1030. The van der Waals surface area contributed by atoms with Gasteiger partial charge in [-0.25, -0.2) is 9.78 Å². The molecule has 3 rings (SSSR count). The van der Waals surface area contributed by atoms with Gasteiger partial charge in [0.2, 0.25) is 5.91 Å². The Morgan fingerprint density at radius 1 is 1.07 bits per heavy atom. The number of urea groups is 1. The van der Waals surface area contributed by atoms with Gasteiger partial charge >= 0.3 is 6.03 Å². The number of imidazole rings is 1. The molecule has 0 radical (unpaired) electrons. The van der Waals surface area contributed by atoms with E-state index in [-0.39, 0.29) is 18.7 Å². The second kappa shape index (κ2) is 9.64. The van der Waals surface area contributed by atoms with Crippen LogP contribution >= 0.6 is 0 Å². The van der Waals surface area contributed by atoms with Crippen LogP contribution in [0.3, 0.4) is 0 Å². The van der Waals surface area contributed by atoms with Gasteiger partial charge in [-0.2, -0.15) is 0 Å². The fourth-order valence-electron chi connectivity index (χ4n) is 2.93. The molecule has 1 aromatic heterocycles. The van der Waals surface area contributed by atoms with Gasteiger partial charge < -0.3 is 30.0 Å². The highest BCUT2D eigenvalue weighted by Gasteiger charge is 2.10. The second-order valence-electron chi connectivity index (χ2n) is 6.62. The highest BCUT2D eigenvalue weighted by Crippen LogP contribution is 2.20. The Kier molecular flexibility index (Phi) is 6.74. The standard InChI is InChI=1S/C21H25N5O4/c1-14(27)22-11-10-20-25-18-12-15(4-9-19(18)26(20)2)24-21(28)23-13-30-17-7-5-16(29-3)6-8-17/h4-9,12H,10-11,13H2,1-3H3,(H,22,27)(H2,23,24,28). The Labute approximate surface area is 174 Å². The van der Waals surface area contributed by atoms with Crippen LogP contribution in [-0.4, -0.2) is 41.9 Å². The number of rotatable bonds is 8. The van der Waals surface area contributed by atoms with Crippen molar-refractivity contribution in [1.29, 1.82) is 0 Å². The molecule has 3 N–H and O–H groups in total. The molecular weight excluding hydrogens is 386 g/mol. The van der Waals surface area contributed by atoms with Crippen LogP contribution in [0.1, 0.15) is 12.7 Å². The first-order chi connectivity index (χ1) is 14.5. The van der Waals surface area contributed by atoms with E-state index < -0.39 is 0 Å². The Morgan fingerprint density at radius 3 is 2.50 bits per heavy atom. The molecule has 0 saturated heterocycles. The van der Waals surface area contributed by atoms with Gasteiger partial charge in [0.15, 0.2) is 6.73 Å². The number of hydrogen-bond acceptors (Lipinski definition) is 5. The van der Waals surface area contributed by atoms with Gasteiger partial charge in [-0.05, 0) is 42.5 Å². The topological polar surface area (TPSA) is 107 Å². The molecule has 0 spiro atoms. The maximum Gasteiger partial charge on any atom is 0.321 e. The summed E-state index contributed by atoms with van der Waals surface area (Å²) in [5, 5.41) is 8.18. The van der Waals surface area contributed by atoms with Crippen molar-refractivity contribution >= 4 is 28.7 Å².